The van der Waals surface area contributed by atoms with Crippen LogP contribution in [0, 0.1) is 27.2 Å². The maximum Gasteiger partial charge on any atom is 0.266 e. The maximum absolute atomic E-state index is 12.4. The van der Waals surface area contributed by atoms with Gasteiger partial charge in [0.15, 0.2) is 11.5 Å². The fourth-order valence-electron chi connectivity index (χ4n) is 2.24. The summed E-state index contributed by atoms with van der Waals surface area (Å²) in [6, 6.07) is 12.0. The Kier molecular flexibility index (Phi) is 8.19. The number of rotatable bonds is 7. The van der Waals surface area contributed by atoms with Gasteiger partial charge in [0.25, 0.3) is 5.91 Å². The van der Waals surface area contributed by atoms with E-state index in [0.717, 1.165) is 3.57 Å². The van der Waals surface area contributed by atoms with Crippen molar-refractivity contribution < 1.29 is 14.3 Å². The van der Waals surface area contributed by atoms with Crippen LogP contribution in [-0.4, -0.2) is 19.1 Å². The second-order valence-corrected chi connectivity index (χ2v) is 6.99. The highest BCUT2D eigenvalue weighted by atomic mass is 127. The number of nitrogens with zero attached hydrogens (tertiary/aromatic N) is 1. The minimum absolute atomic E-state index is 0.0505. The zero-order chi connectivity index (χ0) is 20.5. The molecule has 0 saturated carbocycles. The summed E-state index contributed by atoms with van der Waals surface area (Å²) in [4.78, 5) is 12.4. The van der Waals surface area contributed by atoms with Crippen LogP contribution < -0.4 is 14.8 Å². The number of carbonyl (C=O) groups excluding carboxylic acids is 1. The molecule has 0 fully saturated rings. The van der Waals surface area contributed by atoms with Gasteiger partial charge in [0.2, 0.25) is 0 Å². The first-order valence-corrected chi connectivity index (χ1v) is 9.65. The molecule has 1 amide bonds. The number of hydrogen-bond donors (Lipinski definition) is 1. The van der Waals surface area contributed by atoms with Crippen LogP contribution in [0.3, 0.4) is 0 Å². The second-order valence-electron chi connectivity index (χ2n) is 5.39. The highest BCUT2D eigenvalue weighted by Gasteiger charge is 2.14. The number of anilines is 1. The van der Waals surface area contributed by atoms with Crippen molar-refractivity contribution in [3.63, 3.8) is 0 Å². The van der Waals surface area contributed by atoms with Crippen LogP contribution >= 0.6 is 34.2 Å². The van der Waals surface area contributed by atoms with Crippen LogP contribution in [0.5, 0.6) is 11.5 Å². The molecule has 1 N–H and O–H groups in total. The molecule has 0 unspecified atom stereocenters. The number of amides is 1. The number of benzene rings is 2. The van der Waals surface area contributed by atoms with E-state index in [-0.39, 0.29) is 12.2 Å². The van der Waals surface area contributed by atoms with E-state index in [1.807, 2.05) is 13.0 Å². The van der Waals surface area contributed by atoms with Gasteiger partial charge in [-0.2, -0.15) is 5.26 Å². The van der Waals surface area contributed by atoms with Crippen LogP contribution in [0.1, 0.15) is 12.5 Å². The summed E-state index contributed by atoms with van der Waals surface area (Å²) in [6.07, 6.45) is 6.74. The first-order chi connectivity index (χ1) is 13.5. The van der Waals surface area contributed by atoms with Crippen molar-refractivity contribution in [3.05, 3.63) is 56.1 Å². The lowest BCUT2D eigenvalue weighted by atomic mass is 10.1. The summed E-state index contributed by atoms with van der Waals surface area (Å²) < 4.78 is 11.9. The molecule has 0 aromatic heterocycles. The molecule has 28 heavy (non-hydrogen) atoms. The molecule has 0 bridgehead atoms. The molecule has 0 heterocycles. The molecule has 5 nitrogen and oxygen atoms in total. The van der Waals surface area contributed by atoms with E-state index in [1.165, 1.54) is 6.08 Å². The predicted molar refractivity (Wildman–Crippen MR) is 118 cm³/mol. The molecule has 0 aliphatic heterocycles. The Morgan fingerprint density at radius 3 is 2.64 bits per heavy atom. The largest absolute Gasteiger partial charge is 0.490 e. The standard InChI is InChI=1S/C21H16ClIN2O3/c1-3-9-28-20-18(23)11-14(12-19(20)27-4-2)10-15(13-24)21(26)25-17-7-5-16(22)6-8-17/h1,5-8,10-12H,4,9H2,2H3,(H,25,26)/b15-10+. The number of ether oxygens (including phenoxy) is 2. The van der Waals surface area contributed by atoms with Gasteiger partial charge in [-0.1, -0.05) is 17.5 Å². The van der Waals surface area contributed by atoms with Crippen molar-refractivity contribution >= 4 is 51.9 Å². The molecule has 2 aromatic rings. The van der Waals surface area contributed by atoms with Gasteiger partial charge in [-0.25, -0.2) is 0 Å². The third-order valence-corrected chi connectivity index (χ3v) is 4.46. The summed E-state index contributed by atoms with van der Waals surface area (Å²) in [5, 5.41) is 12.6. The third kappa shape index (κ3) is 5.91. The van der Waals surface area contributed by atoms with Crippen molar-refractivity contribution in [2.75, 3.05) is 18.5 Å². The van der Waals surface area contributed by atoms with Crippen LogP contribution in [-0.2, 0) is 4.79 Å². The quantitative estimate of drug-likeness (QED) is 0.251. The summed E-state index contributed by atoms with van der Waals surface area (Å²) in [7, 11) is 0. The zero-order valence-electron chi connectivity index (χ0n) is 15.0. The maximum atomic E-state index is 12.4. The smallest absolute Gasteiger partial charge is 0.266 e. The number of terminal acetylenes is 1. The summed E-state index contributed by atoms with van der Waals surface area (Å²) in [5.41, 5.74) is 1.12. The average Bonchev–Trinajstić information content (AvgIpc) is 2.67. The number of hydrogen-bond acceptors (Lipinski definition) is 4. The summed E-state index contributed by atoms with van der Waals surface area (Å²) in [6.45, 7) is 2.39. The van der Waals surface area contributed by atoms with Crippen molar-refractivity contribution in [1.29, 1.82) is 5.26 Å². The topological polar surface area (TPSA) is 71.3 Å². The van der Waals surface area contributed by atoms with Gasteiger partial charge in [0, 0.05) is 10.7 Å². The molecule has 0 radical (unpaired) electrons. The lowest BCUT2D eigenvalue weighted by Crippen LogP contribution is -2.13. The highest BCUT2D eigenvalue weighted by molar-refractivity contribution is 14.1. The molecule has 0 saturated heterocycles. The predicted octanol–water partition coefficient (Wildman–Crippen LogP) is 4.90. The number of nitrogens with one attached hydrogen (secondary N) is 1. The van der Waals surface area contributed by atoms with Crippen LogP contribution in [0.15, 0.2) is 42.0 Å². The van der Waals surface area contributed by atoms with E-state index in [2.05, 4.69) is 33.8 Å². The van der Waals surface area contributed by atoms with Crippen LogP contribution in [0.4, 0.5) is 5.69 Å². The fraction of sp³-hybridized carbons (Fsp3) is 0.143. The van der Waals surface area contributed by atoms with E-state index in [4.69, 9.17) is 27.5 Å². The van der Waals surface area contributed by atoms with E-state index >= 15 is 0 Å². The first-order valence-electron chi connectivity index (χ1n) is 8.19. The van der Waals surface area contributed by atoms with E-state index in [9.17, 15) is 10.1 Å². The summed E-state index contributed by atoms with van der Waals surface area (Å²) in [5.74, 6) is 2.91. The van der Waals surface area contributed by atoms with E-state index in [1.54, 1.807) is 36.4 Å². The van der Waals surface area contributed by atoms with Gasteiger partial charge in [-0.05, 0) is 77.6 Å². The molecule has 2 aromatic carbocycles. The van der Waals surface area contributed by atoms with E-state index in [0.29, 0.717) is 34.4 Å². The average molecular weight is 507 g/mol. The molecule has 0 aliphatic rings. The van der Waals surface area contributed by atoms with Gasteiger partial charge < -0.3 is 14.8 Å². The van der Waals surface area contributed by atoms with E-state index < -0.39 is 5.91 Å². The fourth-order valence-corrected chi connectivity index (χ4v) is 3.14. The van der Waals surface area contributed by atoms with Crippen molar-refractivity contribution in [3.8, 4) is 29.9 Å². The Hall–Kier alpha value is -2.68. The lowest BCUT2D eigenvalue weighted by molar-refractivity contribution is -0.112. The Morgan fingerprint density at radius 1 is 1.32 bits per heavy atom. The second kappa shape index (κ2) is 10.6. The van der Waals surface area contributed by atoms with Crippen molar-refractivity contribution in [2.24, 2.45) is 0 Å². The molecule has 2 rings (SSSR count). The normalized spacial score (nSPS) is 10.5. The van der Waals surface area contributed by atoms with Gasteiger partial charge in [0.05, 0.1) is 10.2 Å². The molecule has 7 heteroatoms. The number of nitriles is 1. The van der Waals surface area contributed by atoms with Crippen LogP contribution in [0.25, 0.3) is 6.08 Å². The monoisotopic (exact) mass is 506 g/mol. The van der Waals surface area contributed by atoms with Crippen LogP contribution in [0.2, 0.25) is 5.02 Å². The van der Waals surface area contributed by atoms with Gasteiger partial charge >= 0.3 is 0 Å². The first kappa shape index (κ1) is 21.6. The minimum Gasteiger partial charge on any atom is -0.490 e. The Bertz CT molecular complexity index is 973. The summed E-state index contributed by atoms with van der Waals surface area (Å²) >= 11 is 7.93. The third-order valence-electron chi connectivity index (χ3n) is 3.41. The molecule has 0 aliphatic carbocycles. The molecule has 0 spiro atoms. The van der Waals surface area contributed by atoms with Gasteiger partial charge in [-0.15, -0.1) is 6.42 Å². The lowest BCUT2D eigenvalue weighted by Gasteiger charge is -2.13. The van der Waals surface area contributed by atoms with Gasteiger partial charge in [-0.3, -0.25) is 4.79 Å². The number of carbonyl (C=O) groups is 1. The highest BCUT2D eigenvalue weighted by Crippen LogP contribution is 2.35. The van der Waals surface area contributed by atoms with Crippen molar-refractivity contribution in [2.45, 2.75) is 6.92 Å². The number of halogens is 2. The molecular formula is C21H16ClIN2O3. The Labute approximate surface area is 182 Å². The minimum atomic E-state index is -0.523. The molecular weight excluding hydrogens is 491 g/mol. The van der Waals surface area contributed by atoms with Crippen molar-refractivity contribution in [1.82, 2.24) is 0 Å². The Morgan fingerprint density at radius 2 is 2.04 bits per heavy atom. The Balaban J connectivity index is 2.32. The molecule has 142 valence electrons. The molecule has 0 atom stereocenters. The van der Waals surface area contributed by atoms with Gasteiger partial charge in [0.1, 0.15) is 18.2 Å². The zero-order valence-corrected chi connectivity index (χ0v) is 17.9. The SMILES string of the molecule is C#CCOc1c(I)cc(/C=C(\C#N)C(=O)Nc2ccc(Cl)cc2)cc1OCC.